The third-order valence-electron chi connectivity index (χ3n) is 6.56. The van der Waals surface area contributed by atoms with E-state index in [0.717, 1.165) is 71.3 Å². The lowest BCUT2D eigenvalue weighted by Gasteiger charge is -2.36. The van der Waals surface area contributed by atoms with Gasteiger partial charge in [-0.15, -0.1) is 0 Å². The summed E-state index contributed by atoms with van der Waals surface area (Å²) in [6, 6.07) is 13.7. The molecule has 1 unspecified atom stereocenters. The summed E-state index contributed by atoms with van der Waals surface area (Å²) in [7, 11) is 0. The molecule has 0 amide bonds. The first-order chi connectivity index (χ1) is 16.4. The van der Waals surface area contributed by atoms with Crippen molar-refractivity contribution in [2.24, 2.45) is 0 Å². The smallest absolute Gasteiger partial charge is 0.226 e. The van der Waals surface area contributed by atoms with Gasteiger partial charge >= 0.3 is 0 Å². The molecule has 0 fully saturated rings. The Morgan fingerprint density at radius 2 is 1.82 bits per heavy atom. The van der Waals surface area contributed by atoms with Gasteiger partial charge in [0.2, 0.25) is 5.95 Å². The lowest BCUT2D eigenvalue weighted by atomic mass is 9.91. The summed E-state index contributed by atoms with van der Waals surface area (Å²) in [5.74, 6) is 0.272. The minimum atomic E-state index is -0.425. The number of aliphatic hydroxyl groups is 1. The molecule has 5 rings (SSSR count). The molecule has 1 aliphatic heterocycles. The molecule has 2 aromatic carbocycles. The van der Waals surface area contributed by atoms with Crippen LogP contribution in [0.1, 0.15) is 52.7 Å². The quantitative estimate of drug-likeness (QED) is 0.342. The van der Waals surface area contributed by atoms with Gasteiger partial charge in [-0.2, -0.15) is 0 Å². The Bertz CT molecular complexity index is 1310. The van der Waals surface area contributed by atoms with E-state index in [1.807, 2.05) is 19.9 Å². The number of halogens is 2. The van der Waals surface area contributed by atoms with Crippen LogP contribution < -0.4 is 4.90 Å². The summed E-state index contributed by atoms with van der Waals surface area (Å²) in [6.07, 6.45) is 3.48. The number of aromatic amines is 1. The normalized spacial score (nSPS) is 15.7. The maximum absolute atomic E-state index is 14.2. The molecular formula is C27H28ClFN4O. The molecular weight excluding hydrogens is 451 g/mol. The van der Waals surface area contributed by atoms with Gasteiger partial charge in [-0.3, -0.25) is 0 Å². The summed E-state index contributed by atoms with van der Waals surface area (Å²) in [6.45, 7) is 4.93. The van der Waals surface area contributed by atoms with E-state index in [0.29, 0.717) is 5.95 Å². The van der Waals surface area contributed by atoms with Crippen molar-refractivity contribution >= 4 is 28.5 Å². The number of aryl methyl sites for hydroxylation is 3. The number of aromatic nitrogens is 3. The number of benzene rings is 2. The summed E-state index contributed by atoms with van der Waals surface area (Å²) >= 11 is 6.13. The Hall–Kier alpha value is -2.96. The van der Waals surface area contributed by atoms with Crippen LogP contribution in [0.5, 0.6) is 0 Å². The number of hydrogen-bond donors (Lipinski definition) is 2. The second kappa shape index (κ2) is 9.35. The maximum atomic E-state index is 14.2. The lowest BCUT2D eigenvalue weighted by Crippen LogP contribution is -2.37. The molecule has 3 heterocycles. The van der Waals surface area contributed by atoms with Crippen molar-refractivity contribution in [1.82, 2.24) is 15.0 Å². The summed E-state index contributed by atoms with van der Waals surface area (Å²) in [4.78, 5) is 15.2. The number of unbranched alkanes of at least 4 members (excludes halogenated alkanes) is 1. The summed E-state index contributed by atoms with van der Waals surface area (Å²) < 4.78 is 14.2. The minimum Gasteiger partial charge on any atom is -0.396 e. The Morgan fingerprint density at radius 3 is 2.53 bits per heavy atom. The minimum absolute atomic E-state index is 0.134. The fourth-order valence-electron chi connectivity index (χ4n) is 4.99. The molecule has 34 heavy (non-hydrogen) atoms. The first-order valence-electron chi connectivity index (χ1n) is 11.7. The third kappa shape index (κ3) is 4.28. The highest BCUT2D eigenvalue weighted by atomic mass is 35.5. The van der Waals surface area contributed by atoms with Crippen molar-refractivity contribution < 1.29 is 9.50 Å². The van der Waals surface area contributed by atoms with E-state index in [1.165, 1.54) is 11.6 Å². The molecule has 2 N–H and O–H groups in total. The van der Waals surface area contributed by atoms with E-state index in [-0.39, 0.29) is 17.7 Å². The van der Waals surface area contributed by atoms with Gasteiger partial charge in [-0.25, -0.2) is 14.4 Å². The van der Waals surface area contributed by atoms with Crippen LogP contribution in [0.2, 0.25) is 5.02 Å². The zero-order valence-corrected chi connectivity index (χ0v) is 20.2. The summed E-state index contributed by atoms with van der Waals surface area (Å²) in [5, 5.41) is 10.2. The van der Waals surface area contributed by atoms with Crippen molar-refractivity contribution in [3.05, 3.63) is 87.1 Å². The van der Waals surface area contributed by atoms with E-state index in [1.54, 1.807) is 6.07 Å². The van der Waals surface area contributed by atoms with Crippen LogP contribution in [-0.2, 0) is 12.8 Å². The zero-order valence-electron chi connectivity index (χ0n) is 19.4. The van der Waals surface area contributed by atoms with Crippen LogP contribution in [0.25, 0.3) is 10.9 Å². The van der Waals surface area contributed by atoms with Crippen molar-refractivity contribution in [2.45, 2.75) is 45.6 Å². The number of hydrogen-bond acceptors (Lipinski definition) is 4. The fraction of sp³-hybridized carbons (Fsp3) is 0.333. The molecule has 0 aliphatic carbocycles. The first kappa shape index (κ1) is 22.8. The van der Waals surface area contributed by atoms with Gasteiger partial charge in [0.25, 0.3) is 0 Å². The van der Waals surface area contributed by atoms with Crippen LogP contribution in [-0.4, -0.2) is 33.2 Å². The molecule has 1 aliphatic rings. The van der Waals surface area contributed by atoms with Crippen molar-refractivity contribution in [3.63, 3.8) is 0 Å². The van der Waals surface area contributed by atoms with Gasteiger partial charge in [0.05, 0.1) is 11.1 Å². The Labute approximate surface area is 203 Å². The van der Waals surface area contributed by atoms with Crippen LogP contribution in [0.15, 0.2) is 42.5 Å². The molecule has 0 saturated carbocycles. The number of H-pyrrole nitrogens is 1. The first-order valence-corrected chi connectivity index (χ1v) is 12.1. The molecule has 1 atom stereocenters. The second-order valence-corrected chi connectivity index (χ2v) is 9.46. The van der Waals surface area contributed by atoms with E-state index in [2.05, 4.69) is 34.1 Å². The topological polar surface area (TPSA) is 65.0 Å². The van der Waals surface area contributed by atoms with Crippen molar-refractivity contribution in [1.29, 1.82) is 0 Å². The maximum Gasteiger partial charge on any atom is 0.226 e. The Balaban J connectivity index is 1.61. The van der Waals surface area contributed by atoms with Crippen molar-refractivity contribution in [3.8, 4) is 0 Å². The van der Waals surface area contributed by atoms with Gasteiger partial charge < -0.3 is 15.0 Å². The Morgan fingerprint density at radius 1 is 1.09 bits per heavy atom. The molecule has 0 radical (unpaired) electrons. The van der Waals surface area contributed by atoms with Gasteiger partial charge in [-0.05, 0) is 74.4 Å². The average molecular weight is 479 g/mol. The lowest BCUT2D eigenvalue weighted by molar-refractivity contribution is 0.284. The number of rotatable bonds is 6. The third-order valence-corrected chi connectivity index (χ3v) is 6.85. The Kier molecular flexibility index (Phi) is 6.28. The predicted molar refractivity (Wildman–Crippen MR) is 134 cm³/mol. The molecule has 2 aromatic heterocycles. The molecule has 0 spiro atoms. The fourth-order valence-corrected chi connectivity index (χ4v) is 5.15. The van der Waals surface area contributed by atoms with E-state index >= 15 is 0 Å². The summed E-state index contributed by atoms with van der Waals surface area (Å²) in [5.41, 5.74) is 7.16. The molecule has 5 nitrogen and oxygen atoms in total. The molecule has 4 aromatic rings. The van der Waals surface area contributed by atoms with Gasteiger partial charge in [0.15, 0.2) is 0 Å². The van der Waals surface area contributed by atoms with Gasteiger partial charge in [0, 0.05) is 41.1 Å². The highest BCUT2D eigenvalue weighted by Gasteiger charge is 2.33. The SMILES string of the molecule is Cc1cc(C)nc(N2CCc3c([nH]c4cc(F)c(Cl)cc34)C2c2ccc(CCCCO)cc2)n1. The number of nitrogens with zero attached hydrogens (tertiary/aromatic N) is 3. The van der Waals surface area contributed by atoms with Crippen LogP contribution in [0.4, 0.5) is 10.3 Å². The van der Waals surface area contributed by atoms with Crippen molar-refractivity contribution in [2.75, 3.05) is 18.1 Å². The second-order valence-electron chi connectivity index (χ2n) is 9.05. The van der Waals surface area contributed by atoms with Crippen LogP contribution in [0, 0.1) is 19.7 Å². The number of nitrogens with one attached hydrogen (secondary N) is 1. The zero-order chi connectivity index (χ0) is 23.8. The average Bonchev–Trinajstić information content (AvgIpc) is 3.16. The van der Waals surface area contributed by atoms with Gasteiger partial charge in [-0.1, -0.05) is 35.9 Å². The number of anilines is 1. The number of fused-ring (bicyclic) bond motifs is 3. The van der Waals surface area contributed by atoms with Crippen LogP contribution in [0.3, 0.4) is 0 Å². The van der Waals surface area contributed by atoms with Gasteiger partial charge in [0.1, 0.15) is 5.82 Å². The molecule has 7 heteroatoms. The molecule has 0 bridgehead atoms. The highest BCUT2D eigenvalue weighted by Crippen LogP contribution is 2.41. The van der Waals surface area contributed by atoms with E-state index < -0.39 is 5.82 Å². The van der Waals surface area contributed by atoms with E-state index in [9.17, 15) is 4.39 Å². The highest BCUT2D eigenvalue weighted by molar-refractivity contribution is 6.31. The molecule has 176 valence electrons. The molecule has 0 saturated heterocycles. The predicted octanol–water partition coefficient (Wildman–Crippen LogP) is 5.83. The number of aliphatic hydroxyl groups excluding tert-OH is 1. The standard InChI is InChI=1S/C27H28ClFN4O/c1-16-13-17(2)31-27(30-16)33-11-10-20-21-14-22(28)23(29)15-24(21)32-25(20)26(33)19-8-6-18(7-9-19)5-3-4-12-34/h6-9,13-15,26,32,34H,3-5,10-12H2,1-2H3. The van der Waals surface area contributed by atoms with E-state index in [4.69, 9.17) is 26.7 Å². The van der Waals surface area contributed by atoms with Crippen LogP contribution >= 0.6 is 11.6 Å². The monoisotopic (exact) mass is 478 g/mol. The largest absolute Gasteiger partial charge is 0.396 e.